The summed E-state index contributed by atoms with van der Waals surface area (Å²) in [5.41, 5.74) is 1.62. The van der Waals surface area contributed by atoms with Crippen LogP contribution in [0.25, 0.3) is 0 Å². The predicted octanol–water partition coefficient (Wildman–Crippen LogP) is 3.84. The summed E-state index contributed by atoms with van der Waals surface area (Å²) in [5, 5.41) is 2.67. The number of amides is 1. The van der Waals surface area contributed by atoms with Gasteiger partial charge in [-0.1, -0.05) is 13.8 Å². The van der Waals surface area contributed by atoms with Gasteiger partial charge in [0.2, 0.25) is 6.54 Å². The molecule has 5 nitrogen and oxygen atoms in total. The molecule has 0 fully saturated rings. The van der Waals surface area contributed by atoms with Crippen molar-refractivity contribution in [3.05, 3.63) is 48.3 Å². The highest BCUT2D eigenvalue weighted by Crippen LogP contribution is 2.42. The van der Waals surface area contributed by atoms with Crippen molar-refractivity contribution in [3.63, 3.8) is 0 Å². The number of alkyl halides is 2. The molecule has 0 unspecified atom stereocenters. The lowest BCUT2D eigenvalue weighted by Crippen LogP contribution is -2.39. The van der Waals surface area contributed by atoms with E-state index in [1.54, 1.807) is 4.57 Å². The summed E-state index contributed by atoms with van der Waals surface area (Å²) in [6.45, 7) is 4.43. The minimum absolute atomic E-state index is 0.0561. The Morgan fingerprint density at radius 2 is 1.77 bits per heavy atom. The Bertz CT molecular complexity index is 790. The molecule has 2 aromatic rings. The van der Waals surface area contributed by atoms with Gasteiger partial charge in [-0.15, -0.1) is 8.78 Å². The second-order valence-corrected chi connectivity index (χ2v) is 6.19. The molecule has 7 heteroatoms. The van der Waals surface area contributed by atoms with Crippen molar-refractivity contribution >= 4 is 11.6 Å². The number of anilines is 1. The van der Waals surface area contributed by atoms with E-state index in [1.807, 2.05) is 24.5 Å². The second kappa shape index (κ2) is 7.27. The first-order valence-electron chi connectivity index (χ1n) is 8.59. The van der Waals surface area contributed by atoms with Gasteiger partial charge in [0.25, 0.3) is 5.91 Å². The molecule has 2 heterocycles. The van der Waals surface area contributed by atoms with Crippen LogP contribution in [0.1, 0.15) is 38.2 Å². The van der Waals surface area contributed by atoms with Crippen LogP contribution in [0.3, 0.4) is 0 Å². The molecule has 0 spiro atoms. The third-order valence-electron chi connectivity index (χ3n) is 4.39. The number of nitrogens with one attached hydrogen (secondary N) is 1. The van der Waals surface area contributed by atoms with Gasteiger partial charge in [0.05, 0.1) is 0 Å². The first-order valence-corrected chi connectivity index (χ1v) is 8.59. The first-order chi connectivity index (χ1) is 12.4. The van der Waals surface area contributed by atoms with Crippen molar-refractivity contribution < 1.29 is 27.6 Å². The quantitative estimate of drug-likeness (QED) is 0.794. The molecular weight excluding hydrogens is 342 g/mol. The van der Waals surface area contributed by atoms with E-state index >= 15 is 0 Å². The van der Waals surface area contributed by atoms with Crippen molar-refractivity contribution in [3.8, 4) is 11.5 Å². The van der Waals surface area contributed by atoms with Crippen LogP contribution in [0, 0.1) is 0 Å². The number of fused-ring (bicyclic) bond motifs is 1. The van der Waals surface area contributed by atoms with E-state index in [9.17, 15) is 13.6 Å². The average Bonchev–Trinajstić information content (AvgIpc) is 2.90. The zero-order chi connectivity index (χ0) is 18.7. The molecule has 1 amide bonds. The van der Waals surface area contributed by atoms with Crippen LogP contribution in [0.2, 0.25) is 0 Å². The number of ether oxygens (including phenoxy) is 2. The molecule has 1 aromatic heterocycles. The van der Waals surface area contributed by atoms with Crippen molar-refractivity contribution in [1.29, 1.82) is 0 Å². The van der Waals surface area contributed by atoms with Gasteiger partial charge in [-0.25, -0.2) is 0 Å². The van der Waals surface area contributed by atoms with Crippen molar-refractivity contribution in [2.24, 2.45) is 0 Å². The fourth-order valence-electron chi connectivity index (χ4n) is 3.00. The van der Waals surface area contributed by atoms with E-state index in [0.717, 1.165) is 12.8 Å². The Hall–Kier alpha value is -2.70. The maximum atomic E-state index is 13.0. The fourth-order valence-corrected chi connectivity index (χ4v) is 3.00. The van der Waals surface area contributed by atoms with E-state index in [2.05, 4.69) is 28.6 Å². The summed E-state index contributed by atoms with van der Waals surface area (Å²) in [6, 6.07) is 8.18. The number of benzene rings is 1. The van der Waals surface area contributed by atoms with E-state index in [0.29, 0.717) is 11.6 Å². The highest BCUT2D eigenvalue weighted by molar-refractivity contribution is 5.90. The van der Waals surface area contributed by atoms with Gasteiger partial charge in [0, 0.05) is 23.9 Å². The molecule has 0 bridgehead atoms. The van der Waals surface area contributed by atoms with Crippen LogP contribution in [-0.4, -0.2) is 12.2 Å². The fraction of sp³-hybridized carbons (Fsp3) is 0.368. The van der Waals surface area contributed by atoms with E-state index in [-0.39, 0.29) is 24.0 Å². The highest BCUT2D eigenvalue weighted by atomic mass is 19.3. The molecule has 3 rings (SSSR count). The number of pyridine rings is 1. The van der Waals surface area contributed by atoms with Gasteiger partial charge >= 0.3 is 6.29 Å². The van der Waals surface area contributed by atoms with E-state index in [4.69, 9.17) is 0 Å². The summed E-state index contributed by atoms with van der Waals surface area (Å²) in [4.78, 5) is 12.2. The molecule has 0 aliphatic carbocycles. The Morgan fingerprint density at radius 1 is 1.12 bits per heavy atom. The average molecular weight is 363 g/mol. The minimum atomic E-state index is -3.67. The lowest BCUT2D eigenvalue weighted by Gasteiger charge is -2.11. The molecule has 1 aliphatic heterocycles. The lowest BCUT2D eigenvalue weighted by atomic mass is 9.95. The minimum Gasteiger partial charge on any atom is -0.395 e. The Morgan fingerprint density at radius 3 is 2.42 bits per heavy atom. The number of hydrogen-bond acceptors (Lipinski definition) is 3. The summed E-state index contributed by atoms with van der Waals surface area (Å²) in [7, 11) is 0. The largest absolute Gasteiger partial charge is 0.586 e. The smallest absolute Gasteiger partial charge is 0.395 e. The third-order valence-corrected chi connectivity index (χ3v) is 4.39. The van der Waals surface area contributed by atoms with Crippen molar-refractivity contribution in [2.45, 2.75) is 45.4 Å². The summed E-state index contributed by atoms with van der Waals surface area (Å²) >= 11 is 0. The number of carbonyl (C=O) groups is 1. The second-order valence-electron chi connectivity index (χ2n) is 6.19. The number of carbonyl (C=O) groups excluding carboxylic acids is 1. The number of aromatic nitrogens is 1. The molecule has 1 aliphatic rings. The van der Waals surface area contributed by atoms with Gasteiger partial charge in [-0.3, -0.25) is 4.79 Å². The van der Waals surface area contributed by atoms with Gasteiger partial charge < -0.3 is 14.8 Å². The zero-order valence-electron chi connectivity index (χ0n) is 14.7. The van der Waals surface area contributed by atoms with Crippen molar-refractivity contribution in [1.82, 2.24) is 0 Å². The molecule has 1 N–H and O–H groups in total. The van der Waals surface area contributed by atoms with Crippen LogP contribution in [0.15, 0.2) is 42.7 Å². The normalized spacial score (nSPS) is 14.5. The summed E-state index contributed by atoms with van der Waals surface area (Å²) in [6.07, 6.45) is 2.21. The predicted molar refractivity (Wildman–Crippen MR) is 91.2 cm³/mol. The van der Waals surface area contributed by atoms with Crippen LogP contribution >= 0.6 is 0 Å². The molecule has 0 atom stereocenters. The van der Waals surface area contributed by atoms with Gasteiger partial charge in [-0.05, 0) is 36.5 Å². The Kier molecular flexibility index (Phi) is 5.06. The summed E-state index contributed by atoms with van der Waals surface area (Å²) < 4.78 is 36.5. The van der Waals surface area contributed by atoms with Gasteiger partial charge in [0.15, 0.2) is 23.9 Å². The molecule has 1 aromatic carbocycles. The maximum Gasteiger partial charge on any atom is 0.586 e. The molecule has 0 radical (unpaired) electrons. The lowest BCUT2D eigenvalue weighted by molar-refractivity contribution is -0.684. The van der Waals surface area contributed by atoms with Crippen LogP contribution in [0.4, 0.5) is 14.5 Å². The van der Waals surface area contributed by atoms with Gasteiger partial charge in [-0.2, -0.15) is 4.57 Å². The topological polar surface area (TPSA) is 51.4 Å². The SMILES string of the molecule is CCC(CC)c1cc[n+](CC(=O)Nc2ccc3c(c2)OC(F)(F)O3)cc1. The first kappa shape index (κ1) is 18.1. The highest BCUT2D eigenvalue weighted by Gasteiger charge is 2.43. The number of nitrogens with zero attached hydrogens (tertiary/aromatic N) is 1. The molecule has 0 saturated heterocycles. The van der Waals surface area contributed by atoms with Gasteiger partial charge in [0.1, 0.15) is 0 Å². The third kappa shape index (κ3) is 4.09. The van der Waals surface area contributed by atoms with Crippen LogP contribution < -0.4 is 19.4 Å². The number of rotatable bonds is 6. The Balaban J connectivity index is 1.61. The molecule has 26 heavy (non-hydrogen) atoms. The molecular formula is C19H21F2N2O3+. The number of halogens is 2. The van der Waals surface area contributed by atoms with Crippen molar-refractivity contribution in [2.75, 3.05) is 5.32 Å². The molecule has 138 valence electrons. The summed E-state index contributed by atoms with van der Waals surface area (Å²) in [5.74, 6) is 0.0930. The number of hydrogen-bond donors (Lipinski definition) is 1. The van der Waals surface area contributed by atoms with E-state index in [1.165, 1.54) is 23.8 Å². The zero-order valence-corrected chi connectivity index (χ0v) is 14.7. The molecule has 0 saturated carbocycles. The maximum absolute atomic E-state index is 13.0. The van der Waals surface area contributed by atoms with Crippen LogP contribution in [0.5, 0.6) is 11.5 Å². The van der Waals surface area contributed by atoms with E-state index < -0.39 is 6.29 Å². The Labute approximate surface area is 150 Å². The monoisotopic (exact) mass is 363 g/mol. The van der Waals surface area contributed by atoms with Crippen LogP contribution in [-0.2, 0) is 11.3 Å². The standard InChI is InChI=1S/C19H20F2N2O3/c1-3-13(4-2)14-7-9-23(10-8-14)12-18(24)22-15-5-6-16-17(11-15)26-19(20,21)25-16/h5-11,13H,3-4,12H2,1-2H3/p+1.